The molecule has 0 radical (unpaired) electrons. The van der Waals surface area contributed by atoms with Crippen molar-refractivity contribution in [2.75, 3.05) is 73.5 Å². The third-order valence-corrected chi connectivity index (χ3v) is 10.8. The minimum absolute atomic E-state index is 0. The molecule has 0 aliphatic carbocycles. The van der Waals surface area contributed by atoms with Crippen LogP contribution in [-0.2, 0) is 9.47 Å². The first-order valence-corrected chi connectivity index (χ1v) is 21.2. The Bertz CT molecular complexity index is 3180. The predicted molar refractivity (Wildman–Crippen MR) is 263 cm³/mol. The van der Waals surface area contributed by atoms with Crippen molar-refractivity contribution >= 4 is 73.5 Å². The van der Waals surface area contributed by atoms with Gasteiger partial charge < -0.3 is 30.3 Å². The number of morpholine rings is 2. The highest BCUT2D eigenvalue weighted by molar-refractivity contribution is 6.28. The second-order valence-electron chi connectivity index (χ2n) is 15.0. The number of rotatable bonds is 8. The number of aromatic nitrogens is 6. The molecule has 10 rings (SSSR count). The first-order valence-electron chi connectivity index (χ1n) is 20.8. The summed E-state index contributed by atoms with van der Waals surface area (Å²) in [6.07, 6.45) is 2.94. The molecule has 2 aliphatic heterocycles. The van der Waals surface area contributed by atoms with Gasteiger partial charge in [0.1, 0.15) is 11.0 Å². The summed E-state index contributed by atoms with van der Waals surface area (Å²) >= 11 is 5.76. The number of hydrogen-bond acceptors (Lipinski definition) is 16. The van der Waals surface area contributed by atoms with Crippen LogP contribution >= 0.6 is 11.6 Å². The van der Waals surface area contributed by atoms with Crippen LogP contribution in [-0.4, -0.2) is 92.4 Å². The van der Waals surface area contributed by atoms with Gasteiger partial charge in [-0.2, -0.15) is 0 Å². The van der Waals surface area contributed by atoms with E-state index in [9.17, 15) is 29.8 Å². The van der Waals surface area contributed by atoms with Crippen LogP contribution in [0, 0.1) is 20.2 Å². The van der Waals surface area contributed by atoms with E-state index in [1.54, 1.807) is 30.3 Å². The molecule has 68 heavy (non-hydrogen) atoms. The van der Waals surface area contributed by atoms with Gasteiger partial charge in [0.2, 0.25) is 11.2 Å². The summed E-state index contributed by atoms with van der Waals surface area (Å²) in [5, 5.41) is 25.8. The zero-order valence-electron chi connectivity index (χ0n) is 35.5. The van der Waals surface area contributed by atoms with E-state index in [-0.39, 0.29) is 41.2 Å². The number of nitrogens with zero attached hydrogens (tertiary/aromatic N) is 8. The molecule has 20 nitrogen and oxygen atoms in total. The van der Waals surface area contributed by atoms with Gasteiger partial charge in [0.05, 0.1) is 58.4 Å². The number of benzene rings is 4. The van der Waals surface area contributed by atoms with Gasteiger partial charge in [0.15, 0.2) is 0 Å². The molecule has 4 aromatic carbocycles. The number of nitrogens with two attached hydrogens (primary N) is 1. The number of fused-ring (bicyclic) bond motifs is 2. The Balaban J connectivity index is 0.000000167. The summed E-state index contributed by atoms with van der Waals surface area (Å²) in [5.74, 6) is 0.256. The van der Waals surface area contributed by atoms with Crippen LogP contribution in [0.2, 0.25) is 5.28 Å². The molecular formula is C47H45ClN12O8. The fourth-order valence-corrected chi connectivity index (χ4v) is 7.51. The lowest BCUT2D eigenvalue weighted by molar-refractivity contribution is -0.385. The lowest BCUT2D eigenvalue weighted by atomic mass is 10.1. The third kappa shape index (κ3) is 11.4. The first-order chi connectivity index (χ1) is 32.5. The first kappa shape index (κ1) is 47.6. The number of ether oxygens (including phenoxy) is 2. The highest BCUT2D eigenvalue weighted by Crippen LogP contribution is 2.29. The van der Waals surface area contributed by atoms with Crippen molar-refractivity contribution < 1.29 is 19.3 Å². The molecule has 0 saturated carbocycles. The number of nitrogen functional groups attached to an aromatic ring is 1. The summed E-state index contributed by atoms with van der Waals surface area (Å²) < 4.78 is 10.7. The molecule has 0 unspecified atom stereocenters. The number of H-pyrrole nitrogens is 2. The Hall–Kier alpha value is -8.33. The van der Waals surface area contributed by atoms with E-state index in [2.05, 4.69) is 57.2 Å². The van der Waals surface area contributed by atoms with Crippen molar-refractivity contribution in [3.63, 3.8) is 0 Å². The normalized spacial score (nSPS) is 13.3. The van der Waals surface area contributed by atoms with E-state index in [1.165, 1.54) is 48.4 Å². The molecule has 4 aromatic heterocycles. The Morgan fingerprint density at radius 3 is 1.57 bits per heavy atom. The minimum Gasteiger partial charge on any atom is -0.399 e. The van der Waals surface area contributed by atoms with Crippen LogP contribution in [0.15, 0.2) is 131 Å². The molecule has 2 aliphatic rings. The fraction of sp³-hybridized carbons (Fsp3) is 0.191. The van der Waals surface area contributed by atoms with Gasteiger partial charge in [-0.1, -0.05) is 31.7 Å². The second-order valence-corrected chi connectivity index (χ2v) is 15.3. The monoisotopic (exact) mass is 940 g/mol. The average molecular weight is 941 g/mol. The van der Waals surface area contributed by atoms with Crippen LogP contribution in [0.3, 0.4) is 0 Å². The molecule has 21 heteroatoms. The van der Waals surface area contributed by atoms with E-state index < -0.39 is 9.85 Å². The van der Waals surface area contributed by atoms with Gasteiger partial charge in [-0.15, -0.1) is 0 Å². The zero-order chi connectivity index (χ0) is 46.9. The number of nitro benzene ring substituents is 2. The molecular weight excluding hydrogens is 896 g/mol. The van der Waals surface area contributed by atoms with Crippen LogP contribution in [0.4, 0.5) is 40.1 Å². The van der Waals surface area contributed by atoms with E-state index in [4.69, 9.17) is 26.8 Å². The molecule has 6 heterocycles. The van der Waals surface area contributed by atoms with Gasteiger partial charge >= 0.3 is 0 Å². The molecule has 0 amide bonds. The molecule has 0 spiro atoms. The Kier molecular flexibility index (Phi) is 15.2. The van der Waals surface area contributed by atoms with Crippen molar-refractivity contribution in [3.8, 4) is 22.5 Å². The zero-order valence-corrected chi connectivity index (χ0v) is 36.3. The van der Waals surface area contributed by atoms with Gasteiger partial charge in [0.25, 0.3) is 22.5 Å². The lowest BCUT2D eigenvalue weighted by Gasteiger charge is -2.28. The maximum absolute atomic E-state index is 12.7. The highest BCUT2D eigenvalue weighted by atomic mass is 35.5. The Labute approximate surface area is 392 Å². The van der Waals surface area contributed by atoms with Gasteiger partial charge in [-0.3, -0.25) is 49.8 Å². The summed E-state index contributed by atoms with van der Waals surface area (Å²) in [6.45, 7) is 6.72. The Morgan fingerprint density at radius 2 is 1.09 bits per heavy atom. The van der Waals surface area contributed by atoms with Gasteiger partial charge in [-0.05, 0) is 72.3 Å². The topological polar surface area (TPSA) is 267 Å². The molecule has 0 bridgehead atoms. The van der Waals surface area contributed by atoms with Crippen molar-refractivity contribution in [1.82, 2.24) is 29.9 Å². The van der Waals surface area contributed by atoms with Crippen molar-refractivity contribution in [3.05, 3.63) is 168 Å². The van der Waals surface area contributed by atoms with Crippen LogP contribution < -0.4 is 32.0 Å². The molecule has 8 aromatic rings. The molecule has 2 saturated heterocycles. The summed E-state index contributed by atoms with van der Waals surface area (Å²) in [7, 11) is 0. The largest absolute Gasteiger partial charge is 0.399 e. The van der Waals surface area contributed by atoms with Crippen LogP contribution in [0.25, 0.3) is 44.3 Å². The summed E-state index contributed by atoms with van der Waals surface area (Å²) in [5.41, 5.74) is 11.1. The van der Waals surface area contributed by atoms with Crippen molar-refractivity contribution in [2.45, 2.75) is 7.43 Å². The minimum atomic E-state index is -0.498. The van der Waals surface area contributed by atoms with E-state index >= 15 is 0 Å². The number of non-ortho nitro benzene ring substituents is 2. The van der Waals surface area contributed by atoms with E-state index in [1.807, 2.05) is 36.4 Å². The molecule has 348 valence electrons. The molecule has 0 atom stereocenters. The second kappa shape index (κ2) is 21.8. The Morgan fingerprint density at radius 1 is 0.632 bits per heavy atom. The van der Waals surface area contributed by atoms with Gasteiger partial charge in [0, 0.05) is 96.7 Å². The smallest absolute Gasteiger partial charge is 0.270 e. The van der Waals surface area contributed by atoms with Crippen molar-refractivity contribution in [2.24, 2.45) is 0 Å². The SMILES string of the molecule is C.Nc1ccc(N2CCOCC2)cc1.O=c1[nH]c(Cl)nc2c(-c3cccc([N+](=O)[O-])c3)nccc12.O=c1[nH]c(Nc2ccc(N3CCOCC3)cc2)nc2c(-c3cccc([N+](=O)[O-])c3)nccc12. The third-order valence-electron chi connectivity index (χ3n) is 10.7. The van der Waals surface area contributed by atoms with Crippen LogP contribution in [0.5, 0.6) is 0 Å². The number of aromatic amines is 2. The number of anilines is 5. The highest BCUT2D eigenvalue weighted by Gasteiger charge is 2.17. The van der Waals surface area contributed by atoms with E-state index in [0.717, 1.165) is 56.5 Å². The maximum Gasteiger partial charge on any atom is 0.270 e. The predicted octanol–water partition coefficient (Wildman–Crippen LogP) is 7.76. The number of hydrogen-bond donors (Lipinski definition) is 4. The standard InChI is InChI=1S/C23H20N6O4.C13H7ClN4O3.C10H14N2O.CH4/c30-22-19-8-9-24-20(15-2-1-3-18(14-15)29(31)32)21(19)26-23(27-22)25-16-4-6-17(7-5-16)28-10-12-33-13-11-28;14-13-16-11-9(12(19)17-13)4-5-15-10(11)7-2-1-3-8(6-7)18(20)21;11-9-1-3-10(4-2-9)12-5-7-13-8-6-12;/h1-9,14H,10-13H2,(H2,25,26,27,30);1-6H,(H,16,17,19);1-4H,5-8,11H2;1H4. The van der Waals surface area contributed by atoms with Gasteiger partial charge in [-0.25, -0.2) is 9.97 Å². The number of pyridine rings is 2. The quantitative estimate of drug-likeness (QED) is 0.0490. The number of nitrogens with one attached hydrogen (secondary N) is 3. The summed E-state index contributed by atoms with van der Waals surface area (Å²) in [4.78, 5) is 72.5. The fourth-order valence-electron chi connectivity index (χ4n) is 7.34. The maximum atomic E-state index is 12.7. The van der Waals surface area contributed by atoms with Crippen LogP contribution in [0.1, 0.15) is 7.43 Å². The summed E-state index contributed by atoms with van der Waals surface area (Å²) in [6, 6.07) is 31.0. The number of halogens is 1. The lowest BCUT2D eigenvalue weighted by Crippen LogP contribution is -2.36. The van der Waals surface area contributed by atoms with Crippen molar-refractivity contribution in [1.29, 1.82) is 0 Å². The van der Waals surface area contributed by atoms with E-state index in [0.29, 0.717) is 57.5 Å². The average Bonchev–Trinajstić information content (AvgIpc) is 3.35. The number of nitro groups is 2. The molecule has 5 N–H and O–H groups in total. The molecule has 2 fully saturated rings.